The zero-order valence-corrected chi connectivity index (χ0v) is 13.4. The zero-order valence-electron chi connectivity index (χ0n) is 12.6. The summed E-state index contributed by atoms with van der Waals surface area (Å²) in [5, 5.41) is 0.638. The minimum Gasteiger partial charge on any atom is -0.489 e. The molecule has 2 heterocycles. The summed E-state index contributed by atoms with van der Waals surface area (Å²) in [5.74, 6) is 1.45. The second-order valence-electron chi connectivity index (χ2n) is 5.91. The minimum atomic E-state index is 0.268. The van der Waals surface area contributed by atoms with Crippen molar-refractivity contribution < 1.29 is 14.2 Å². The van der Waals surface area contributed by atoms with Crippen LogP contribution in [0.5, 0.6) is 11.5 Å². The number of hydrogen-bond acceptors (Lipinski definition) is 4. The molecule has 1 saturated heterocycles. The lowest BCUT2D eigenvalue weighted by molar-refractivity contribution is -0.0704. The van der Waals surface area contributed by atoms with Crippen LogP contribution in [0.15, 0.2) is 12.1 Å². The maximum absolute atomic E-state index is 6.35. The van der Waals surface area contributed by atoms with Crippen LogP contribution in [0.4, 0.5) is 0 Å². The molecule has 21 heavy (non-hydrogen) atoms. The second kappa shape index (κ2) is 6.42. The van der Waals surface area contributed by atoms with Gasteiger partial charge in [0.2, 0.25) is 0 Å². The second-order valence-corrected chi connectivity index (χ2v) is 6.31. The highest BCUT2D eigenvalue weighted by atomic mass is 35.5. The molecule has 4 nitrogen and oxygen atoms in total. The number of hydrogen-bond donors (Lipinski definition) is 0. The van der Waals surface area contributed by atoms with Crippen LogP contribution in [0.3, 0.4) is 0 Å². The Hall–Kier alpha value is -0.970. The molecule has 0 aliphatic carbocycles. The smallest absolute Gasteiger partial charge is 0.179 e. The Labute approximate surface area is 130 Å². The third kappa shape index (κ3) is 3.62. The van der Waals surface area contributed by atoms with Gasteiger partial charge in [-0.3, -0.25) is 4.90 Å². The Bertz CT molecular complexity index is 499. The van der Waals surface area contributed by atoms with Gasteiger partial charge in [0.25, 0.3) is 0 Å². The molecule has 2 atom stereocenters. The van der Waals surface area contributed by atoms with E-state index < -0.39 is 0 Å². The first-order valence-corrected chi connectivity index (χ1v) is 7.95. The maximum Gasteiger partial charge on any atom is 0.179 e. The Morgan fingerprint density at radius 1 is 1.14 bits per heavy atom. The molecular formula is C16H22ClNO3. The summed E-state index contributed by atoms with van der Waals surface area (Å²) in [6, 6.07) is 4.04. The predicted molar refractivity (Wildman–Crippen MR) is 82.3 cm³/mol. The molecule has 0 saturated carbocycles. The van der Waals surface area contributed by atoms with Crippen molar-refractivity contribution in [3.05, 3.63) is 22.7 Å². The summed E-state index contributed by atoms with van der Waals surface area (Å²) >= 11 is 6.35. The van der Waals surface area contributed by atoms with Crippen molar-refractivity contribution in [1.29, 1.82) is 0 Å². The van der Waals surface area contributed by atoms with Gasteiger partial charge in [-0.2, -0.15) is 0 Å². The van der Waals surface area contributed by atoms with E-state index in [0.717, 1.165) is 37.4 Å². The van der Waals surface area contributed by atoms with Crippen LogP contribution < -0.4 is 9.47 Å². The number of halogens is 1. The molecule has 2 aliphatic rings. The molecular weight excluding hydrogens is 290 g/mol. The van der Waals surface area contributed by atoms with Gasteiger partial charge in [0, 0.05) is 26.1 Å². The van der Waals surface area contributed by atoms with Gasteiger partial charge in [0.15, 0.2) is 11.5 Å². The Balaban J connectivity index is 1.76. The average molecular weight is 312 g/mol. The van der Waals surface area contributed by atoms with Crippen molar-refractivity contribution in [2.24, 2.45) is 0 Å². The van der Waals surface area contributed by atoms with Gasteiger partial charge in [-0.05, 0) is 31.5 Å². The monoisotopic (exact) mass is 311 g/mol. The van der Waals surface area contributed by atoms with Crippen molar-refractivity contribution in [3.8, 4) is 11.5 Å². The summed E-state index contributed by atoms with van der Waals surface area (Å²) in [7, 11) is 0. The van der Waals surface area contributed by atoms with Crippen molar-refractivity contribution in [2.45, 2.75) is 39.0 Å². The van der Waals surface area contributed by atoms with Gasteiger partial charge >= 0.3 is 0 Å². The molecule has 1 aromatic rings. The SMILES string of the molecule is CC1CN(Cc2cc(Cl)c3c(c2)OCCCO3)CC(C)O1. The molecule has 0 aromatic heterocycles. The fraction of sp³-hybridized carbons (Fsp3) is 0.625. The van der Waals surface area contributed by atoms with E-state index in [1.54, 1.807) is 0 Å². The summed E-state index contributed by atoms with van der Waals surface area (Å²) in [5.41, 5.74) is 1.16. The van der Waals surface area contributed by atoms with Gasteiger partial charge in [0.1, 0.15) is 0 Å². The van der Waals surface area contributed by atoms with Crippen LogP contribution in [0.2, 0.25) is 5.02 Å². The maximum atomic E-state index is 6.35. The highest BCUT2D eigenvalue weighted by Gasteiger charge is 2.23. The van der Waals surface area contributed by atoms with Crippen molar-refractivity contribution in [1.82, 2.24) is 4.90 Å². The Kier molecular flexibility index (Phi) is 4.57. The number of benzene rings is 1. The fourth-order valence-corrected chi connectivity index (χ4v) is 3.33. The van der Waals surface area contributed by atoms with Crippen LogP contribution in [0, 0.1) is 0 Å². The molecule has 2 unspecified atom stereocenters. The van der Waals surface area contributed by atoms with Gasteiger partial charge < -0.3 is 14.2 Å². The zero-order chi connectivity index (χ0) is 14.8. The van der Waals surface area contributed by atoms with Gasteiger partial charge in [-0.1, -0.05) is 11.6 Å². The predicted octanol–water partition coefficient (Wildman–Crippen LogP) is 3.11. The first-order valence-electron chi connectivity index (χ1n) is 7.57. The lowest BCUT2D eigenvalue weighted by Gasteiger charge is -2.35. The van der Waals surface area contributed by atoms with Gasteiger partial charge in [-0.15, -0.1) is 0 Å². The van der Waals surface area contributed by atoms with Crippen LogP contribution in [-0.2, 0) is 11.3 Å². The topological polar surface area (TPSA) is 30.9 Å². The number of ether oxygens (including phenoxy) is 3. The molecule has 0 bridgehead atoms. The van der Waals surface area contributed by atoms with Gasteiger partial charge in [0.05, 0.1) is 30.4 Å². The van der Waals surface area contributed by atoms with E-state index in [1.807, 2.05) is 6.07 Å². The quantitative estimate of drug-likeness (QED) is 0.840. The van der Waals surface area contributed by atoms with E-state index in [2.05, 4.69) is 24.8 Å². The average Bonchev–Trinajstić information content (AvgIpc) is 2.63. The number of nitrogens with zero attached hydrogens (tertiary/aromatic N) is 1. The standard InChI is InChI=1S/C16H22ClNO3/c1-11-8-18(9-12(2)21-11)10-13-6-14(17)16-15(7-13)19-4-3-5-20-16/h6-7,11-12H,3-5,8-10H2,1-2H3. The molecule has 0 N–H and O–H groups in total. The van der Waals surface area contributed by atoms with Crippen molar-refractivity contribution in [3.63, 3.8) is 0 Å². The molecule has 3 rings (SSSR count). The highest BCUT2D eigenvalue weighted by molar-refractivity contribution is 6.32. The third-order valence-electron chi connectivity index (χ3n) is 3.76. The Morgan fingerprint density at radius 3 is 2.62 bits per heavy atom. The van der Waals surface area contributed by atoms with Crippen LogP contribution >= 0.6 is 11.6 Å². The summed E-state index contributed by atoms with van der Waals surface area (Å²) < 4.78 is 17.2. The summed E-state index contributed by atoms with van der Waals surface area (Å²) in [6.07, 6.45) is 1.42. The third-order valence-corrected chi connectivity index (χ3v) is 4.04. The Morgan fingerprint density at radius 2 is 1.86 bits per heavy atom. The van der Waals surface area contributed by atoms with Crippen molar-refractivity contribution in [2.75, 3.05) is 26.3 Å². The lowest BCUT2D eigenvalue weighted by Crippen LogP contribution is -2.44. The number of morpholine rings is 1. The van der Waals surface area contributed by atoms with E-state index in [9.17, 15) is 0 Å². The largest absolute Gasteiger partial charge is 0.489 e. The molecule has 2 aliphatic heterocycles. The molecule has 1 aromatic carbocycles. The molecule has 0 spiro atoms. The van der Waals surface area contributed by atoms with Crippen LogP contribution in [0.1, 0.15) is 25.8 Å². The molecule has 5 heteroatoms. The molecule has 0 amide bonds. The van der Waals surface area contributed by atoms with Crippen molar-refractivity contribution >= 4 is 11.6 Å². The first kappa shape index (κ1) is 14.9. The van der Waals surface area contributed by atoms with Crippen LogP contribution in [0.25, 0.3) is 0 Å². The van der Waals surface area contributed by atoms with E-state index in [4.69, 9.17) is 25.8 Å². The normalized spacial score (nSPS) is 26.4. The fourth-order valence-electron chi connectivity index (χ4n) is 3.05. The summed E-state index contributed by atoms with van der Waals surface area (Å²) in [4.78, 5) is 2.40. The van der Waals surface area contributed by atoms with E-state index >= 15 is 0 Å². The summed E-state index contributed by atoms with van der Waals surface area (Å²) in [6.45, 7) is 8.30. The van der Waals surface area contributed by atoms with E-state index in [0.29, 0.717) is 24.0 Å². The first-order chi connectivity index (χ1) is 10.1. The molecule has 1 fully saturated rings. The minimum absolute atomic E-state index is 0.268. The molecule has 116 valence electrons. The molecule has 0 radical (unpaired) electrons. The van der Waals surface area contributed by atoms with E-state index in [-0.39, 0.29) is 12.2 Å². The van der Waals surface area contributed by atoms with Gasteiger partial charge in [-0.25, -0.2) is 0 Å². The number of rotatable bonds is 2. The van der Waals surface area contributed by atoms with Crippen LogP contribution in [-0.4, -0.2) is 43.4 Å². The van der Waals surface area contributed by atoms with E-state index in [1.165, 1.54) is 0 Å². The number of fused-ring (bicyclic) bond motifs is 1. The highest BCUT2D eigenvalue weighted by Crippen LogP contribution is 2.38. The lowest BCUT2D eigenvalue weighted by atomic mass is 10.1.